The van der Waals surface area contributed by atoms with Crippen molar-refractivity contribution in [1.82, 2.24) is 0 Å². The fourth-order valence-corrected chi connectivity index (χ4v) is 2.48. The summed E-state index contributed by atoms with van der Waals surface area (Å²) in [6, 6.07) is 10.5. The lowest BCUT2D eigenvalue weighted by atomic mass is 10.1. The molecule has 0 aliphatic carbocycles. The molecule has 0 spiro atoms. The maximum absolute atomic E-state index is 10.0. The van der Waals surface area contributed by atoms with Crippen molar-refractivity contribution in [2.45, 2.75) is 33.6 Å². The van der Waals surface area contributed by atoms with Gasteiger partial charge in [-0.05, 0) is 62.6 Å². The summed E-state index contributed by atoms with van der Waals surface area (Å²) in [6.07, 6.45) is 6.68. The number of thiophene rings is 1. The van der Waals surface area contributed by atoms with E-state index in [9.17, 15) is 4.79 Å². The summed E-state index contributed by atoms with van der Waals surface area (Å²) in [5.41, 5.74) is 2.49. The predicted molar refractivity (Wildman–Crippen MR) is 90.3 cm³/mol. The van der Waals surface area contributed by atoms with Crippen LogP contribution in [0.4, 0.5) is 0 Å². The molecule has 2 aromatic rings. The van der Waals surface area contributed by atoms with Crippen molar-refractivity contribution in [2.24, 2.45) is 0 Å². The normalized spacial score (nSPS) is 10.7. The van der Waals surface area contributed by atoms with Gasteiger partial charge in [0.15, 0.2) is 0 Å². The Morgan fingerprint density at radius 2 is 1.90 bits per heavy atom. The van der Waals surface area contributed by atoms with Gasteiger partial charge < -0.3 is 0 Å². The highest BCUT2D eigenvalue weighted by Gasteiger charge is 1.88. The van der Waals surface area contributed by atoms with Crippen molar-refractivity contribution < 1.29 is 4.79 Å². The minimum atomic E-state index is 0.845. The molecule has 0 saturated carbocycles. The van der Waals surface area contributed by atoms with Crippen LogP contribution in [0.3, 0.4) is 0 Å². The first-order valence-electron chi connectivity index (χ1n) is 6.80. The number of allylic oxidation sites excluding steroid dienone is 4. The average Bonchev–Trinajstić information content (AvgIpc) is 2.87. The lowest BCUT2D eigenvalue weighted by Crippen LogP contribution is -1.77. The van der Waals surface area contributed by atoms with Gasteiger partial charge in [0, 0.05) is 4.70 Å². The summed E-state index contributed by atoms with van der Waals surface area (Å²) < 4.78 is 1.37. The molecular formula is C18H22OS. The summed E-state index contributed by atoms with van der Waals surface area (Å²) in [5.74, 6) is 0. The number of hydrogen-bond donors (Lipinski definition) is 0. The van der Waals surface area contributed by atoms with Crippen LogP contribution in [0.15, 0.2) is 59.0 Å². The molecule has 0 radical (unpaired) electrons. The van der Waals surface area contributed by atoms with Crippen molar-refractivity contribution in [3.8, 4) is 0 Å². The molecular weight excluding hydrogens is 264 g/mol. The number of aldehydes is 1. The van der Waals surface area contributed by atoms with E-state index in [0.717, 1.165) is 24.7 Å². The highest BCUT2D eigenvalue weighted by Crippen LogP contribution is 2.18. The van der Waals surface area contributed by atoms with E-state index >= 15 is 0 Å². The maximum Gasteiger partial charge on any atom is 0.142 e. The molecule has 0 unspecified atom stereocenters. The van der Waals surface area contributed by atoms with Crippen LogP contribution < -0.4 is 0 Å². The number of carbonyl (C=O) groups is 1. The van der Waals surface area contributed by atoms with Gasteiger partial charge in [0.2, 0.25) is 0 Å². The van der Waals surface area contributed by atoms with E-state index in [4.69, 9.17) is 0 Å². The number of hydrogen-bond acceptors (Lipinski definition) is 2. The fraction of sp³-hybridized carbons (Fsp3) is 0.278. The molecule has 1 nitrogen and oxygen atoms in total. The van der Waals surface area contributed by atoms with Gasteiger partial charge in [-0.2, -0.15) is 0 Å². The molecule has 0 amide bonds. The van der Waals surface area contributed by atoms with Crippen LogP contribution in [-0.4, -0.2) is 6.29 Å². The molecule has 0 aliphatic rings. The lowest BCUT2D eigenvalue weighted by Gasteiger charge is -1.94. The third-order valence-corrected chi connectivity index (χ3v) is 3.70. The van der Waals surface area contributed by atoms with Crippen molar-refractivity contribution in [3.05, 3.63) is 59.0 Å². The molecule has 0 saturated heterocycles. The Labute approximate surface area is 125 Å². The van der Waals surface area contributed by atoms with E-state index in [1.54, 1.807) is 17.4 Å². The monoisotopic (exact) mass is 286 g/mol. The summed E-state index contributed by atoms with van der Waals surface area (Å²) >= 11 is 1.79. The highest BCUT2D eigenvalue weighted by molar-refractivity contribution is 7.17. The minimum Gasteiger partial charge on any atom is -0.299 e. The second-order valence-electron chi connectivity index (χ2n) is 4.93. The van der Waals surface area contributed by atoms with Crippen LogP contribution in [0.1, 0.15) is 33.6 Å². The SMILES string of the molecule is CC(C)=CCC/C(C)=C/C=O.c1ccc2sccc2c1. The average molecular weight is 286 g/mol. The molecule has 1 heterocycles. The van der Waals surface area contributed by atoms with E-state index in [0.29, 0.717) is 0 Å². The van der Waals surface area contributed by atoms with Gasteiger partial charge in [0.1, 0.15) is 6.29 Å². The van der Waals surface area contributed by atoms with Gasteiger partial charge in [0.05, 0.1) is 0 Å². The largest absolute Gasteiger partial charge is 0.299 e. The number of rotatable bonds is 4. The third-order valence-electron chi connectivity index (χ3n) is 2.81. The number of carbonyl (C=O) groups excluding carboxylic acids is 1. The maximum atomic E-state index is 10.0. The van der Waals surface area contributed by atoms with E-state index in [1.807, 2.05) is 6.92 Å². The van der Waals surface area contributed by atoms with Crippen molar-refractivity contribution >= 4 is 27.7 Å². The van der Waals surface area contributed by atoms with Gasteiger partial charge in [-0.25, -0.2) is 0 Å². The second kappa shape index (κ2) is 9.27. The fourth-order valence-electron chi connectivity index (χ4n) is 1.69. The van der Waals surface area contributed by atoms with Crippen LogP contribution in [0.5, 0.6) is 0 Å². The molecule has 2 rings (SSSR count). The van der Waals surface area contributed by atoms with Gasteiger partial charge in [0.25, 0.3) is 0 Å². The molecule has 0 fully saturated rings. The van der Waals surface area contributed by atoms with E-state index in [-0.39, 0.29) is 0 Å². The molecule has 0 N–H and O–H groups in total. The topological polar surface area (TPSA) is 17.1 Å². The zero-order valence-electron chi connectivity index (χ0n) is 12.4. The smallest absolute Gasteiger partial charge is 0.142 e. The van der Waals surface area contributed by atoms with Crippen LogP contribution in [0.2, 0.25) is 0 Å². The lowest BCUT2D eigenvalue weighted by molar-refractivity contribution is -0.104. The first kappa shape index (κ1) is 16.4. The third kappa shape index (κ3) is 6.48. The Morgan fingerprint density at radius 3 is 2.55 bits per heavy atom. The van der Waals surface area contributed by atoms with E-state index in [2.05, 4.69) is 55.6 Å². The molecule has 1 aromatic heterocycles. The summed E-state index contributed by atoms with van der Waals surface area (Å²) in [5, 5.41) is 3.47. The zero-order chi connectivity index (χ0) is 14.8. The summed E-state index contributed by atoms with van der Waals surface area (Å²) in [4.78, 5) is 10.0. The van der Waals surface area contributed by atoms with Crippen molar-refractivity contribution in [1.29, 1.82) is 0 Å². The number of benzene rings is 1. The molecule has 0 atom stereocenters. The number of fused-ring (bicyclic) bond motifs is 1. The Bertz CT molecular complexity index is 556. The molecule has 20 heavy (non-hydrogen) atoms. The van der Waals surface area contributed by atoms with Gasteiger partial charge in [-0.1, -0.05) is 35.4 Å². The molecule has 2 heteroatoms. The molecule has 1 aromatic carbocycles. The molecule has 0 bridgehead atoms. The van der Waals surface area contributed by atoms with Gasteiger partial charge in [-0.3, -0.25) is 4.79 Å². The molecule has 0 aliphatic heterocycles. The predicted octanol–water partition coefficient (Wildman–Crippen LogP) is 5.78. The molecule has 106 valence electrons. The minimum absolute atomic E-state index is 0.845. The Kier molecular flexibility index (Phi) is 7.59. The van der Waals surface area contributed by atoms with E-state index in [1.165, 1.54) is 15.7 Å². The quantitative estimate of drug-likeness (QED) is 0.395. The Balaban J connectivity index is 0.000000202. The zero-order valence-corrected chi connectivity index (χ0v) is 13.2. The van der Waals surface area contributed by atoms with E-state index < -0.39 is 0 Å². The van der Waals surface area contributed by atoms with Gasteiger partial charge >= 0.3 is 0 Å². The highest BCUT2D eigenvalue weighted by atomic mass is 32.1. The van der Waals surface area contributed by atoms with Crippen molar-refractivity contribution in [3.63, 3.8) is 0 Å². The van der Waals surface area contributed by atoms with Crippen LogP contribution in [0.25, 0.3) is 10.1 Å². The Hall–Kier alpha value is -1.67. The first-order chi connectivity index (χ1) is 9.63. The summed E-state index contributed by atoms with van der Waals surface area (Å²) in [7, 11) is 0. The van der Waals surface area contributed by atoms with Crippen LogP contribution in [0, 0.1) is 0 Å². The van der Waals surface area contributed by atoms with Crippen LogP contribution >= 0.6 is 11.3 Å². The van der Waals surface area contributed by atoms with Crippen molar-refractivity contribution in [2.75, 3.05) is 0 Å². The standard InChI is InChI=1S/C10H16O.C8H6S/c1-9(2)5-4-6-10(3)7-8-11;1-2-4-8-7(3-1)5-6-9-8/h5,7-8H,4,6H2,1-3H3;1-6H/b10-7+;. The summed E-state index contributed by atoms with van der Waals surface area (Å²) in [6.45, 7) is 6.14. The van der Waals surface area contributed by atoms with Gasteiger partial charge in [-0.15, -0.1) is 11.3 Å². The Morgan fingerprint density at radius 1 is 1.15 bits per heavy atom. The second-order valence-corrected chi connectivity index (χ2v) is 5.88. The first-order valence-corrected chi connectivity index (χ1v) is 7.68. The van der Waals surface area contributed by atoms with Crippen LogP contribution in [-0.2, 0) is 4.79 Å².